The molecule has 0 aromatic heterocycles. The number of carbonyl (C=O) groups excluding carboxylic acids is 1. The lowest BCUT2D eigenvalue weighted by Crippen LogP contribution is -2.29. The van der Waals surface area contributed by atoms with E-state index in [4.69, 9.17) is 0 Å². The lowest BCUT2D eigenvalue weighted by Gasteiger charge is -2.21. The van der Waals surface area contributed by atoms with E-state index in [1.54, 1.807) is 11.8 Å². The first-order valence-corrected chi connectivity index (χ1v) is 8.61. The average Bonchev–Trinajstić information content (AvgIpc) is 2.49. The van der Waals surface area contributed by atoms with Crippen molar-refractivity contribution in [1.29, 1.82) is 0 Å². The van der Waals surface area contributed by atoms with Crippen molar-refractivity contribution >= 4 is 23.4 Å². The zero-order chi connectivity index (χ0) is 14.2. The Hall–Kier alpha value is -1.000. The van der Waals surface area contributed by atoms with Crippen LogP contribution in [-0.2, 0) is 11.2 Å². The van der Waals surface area contributed by atoms with E-state index in [0.29, 0.717) is 5.75 Å². The fourth-order valence-corrected chi connectivity index (χ4v) is 3.55. The number of hydrogen-bond acceptors (Lipinski definition) is 3. The minimum Gasteiger partial charge on any atom is -0.325 e. The maximum atomic E-state index is 12.0. The smallest absolute Gasteiger partial charge is 0.234 e. The molecule has 110 valence electrons. The largest absolute Gasteiger partial charge is 0.325 e. The molecule has 1 aliphatic heterocycles. The maximum absolute atomic E-state index is 12.0. The summed E-state index contributed by atoms with van der Waals surface area (Å²) in [5.41, 5.74) is 2.16. The van der Waals surface area contributed by atoms with Gasteiger partial charge in [0.2, 0.25) is 5.91 Å². The summed E-state index contributed by atoms with van der Waals surface area (Å²) >= 11 is 1.76. The molecule has 1 saturated heterocycles. The van der Waals surface area contributed by atoms with Crippen LogP contribution in [0, 0.1) is 5.92 Å². The Morgan fingerprint density at radius 3 is 2.85 bits per heavy atom. The number of carbonyl (C=O) groups is 1. The van der Waals surface area contributed by atoms with Crippen LogP contribution in [0.4, 0.5) is 5.69 Å². The molecule has 1 amide bonds. The molecule has 2 rings (SSSR count). The molecule has 1 aromatic rings. The van der Waals surface area contributed by atoms with Crippen molar-refractivity contribution in [3.05, 3.63) is 29.8 Å². The topological polar surface area (TPSA) is 41.1 Å². The first kappa shape index (κ1) is 15.4. The third-order valence-corrected chi connectivity index (χ3v) is 4.89. The van der Waals surface area contributed by atoms with Gasteiger partial charge in [-0.25, -0.2) is 0 Å². The Kier molecular flexibility index (Phi) is 6.40. The van der Waals surface area contributed by atoms with Crippen molar-refractivity contribution in [2.45, 2.75) is 26.2 Å². The molecular formula is C16H24N2OS. The second kappa shape index (κ2) is 8.32. The van der Waals surface area contributed by atoms with Gasteiger partial charge in [-0.2, -0.15) is 11.8 Å². The maximum Gasteiger partial charge on any atom is 0.234 e. The van der Waals surface area contributed by atoms with Crippen LogP contribution in [0.3, 0.4) is 0 Å². The number of piperidine rings is 1. The van der Waals surface area contributed by atoms with Crippen LogP contribution in [0.2, 0.25) is 0 Å². The summed E-state index contributed by atoms with van der Waals surface area (Å²) in [5.74, 6) is 2.55. The Bertz CT molecular complexity index is 430. The summed E-state index contributed by atoms with van der Waals surface area (Å²) in [4.78, 5) is 12.0. The van der Waals surface area contributed by atoms with E-state index < -0.39 is 0 Å². The Morgan fingerprint density at radius 1 is 1.35 bits per heavy atom. The molecule has 3 nitrogen and oxygen atoms in total. The molecule has 2 N–H and O–H groups in total. The third kappa shape index (κ3) is 4.84. The highest BCUT2D eigenvalue weighted by molar-refractivity contribution is 7.99. The van der Waals surface area contributed by atoms with Crippen LogP contribution in [0.25, 0.3) is 0 Å². The number of anilines is 1. The first-order chi connectivity index (χ1) is 9.79. The van der Waals surface area contributed by atoms with Gasteiger partial charge in [0.25, 0.3) is 0 Å². The van der Waals surface area contributed by atoms with Gasteiger partial charge in [-0.05, 0) is 55.7 Å². The molecule has 20 heavy (non-hydrogen) atoms. The minimum absolute atomic E-state index is 0.116. The molecular weight excluding hydrogens is 268 g/mol. The molecule has 0 saturated carbocycles. The lowest BCUT2D eigenvalue weighted by atomic mass is 10.0. The van der Waals surface area contributed by atoms with Crippen LogP contribution < -0.4 is 10.6 Å². The molecule has 0 aliphatic carbocycles. The zero-order valence-corrected chi connectivity index (χ0v) is 13.0. The van der Waals surface area contributed by atoms with Crippen molar-refractivity contribution < 1.29 is 4.79 Å². The van der Waals surface area contributed by atoms with Crippen LogP contribution >= 0.6 is 11.8 Å². The summed E-state index contributed by atoms with van der Waals surface area (Å²) in [6.07, 6.45) is 3.43. The van der Waals surface area contributed by atoms with Crippen LogP contribution in [-0.4, -0.2) is 30.5 Å². The van der Waals surface area contributed by atoms with Crippen molar-refractivity contribution in [2.24, 2.45) is 5.92 Å². The SMILES string of the molecule is CCc1ccccc1NC(=O)CSCC1CCNCC1. The molecule has 0 atom stereocenters. The van der Waals surface area contributed by atoms with Crippen molar-refractivity contribution in [2.75, 3.05) is 29.9 Å². The first-order valence-electron chi connectivity index (χ1n) is 7.45. The van der Waals surface area contributed by atoms with E-state index in [1.807, 2.05) is 18.2 Å². The molecule has 0 unspecified atom stereocenters. The number of aryl methyl sites for hydroxylation is 1. The molecule has 1 aliphatic rings. The predicted octanol–water partition coefficient (Wildman–Crippen LogP) is 2.92. The van der Waals surface area contributed by atoms with E-state index in [-0.39, 0.29) is 5.91 Å². The van der Waals surface area contributed by atoms with E-state index >= 15 is 0 Å². The summed E-state index contributed by atoms with van der Waals surface area (Å²) in [6.45, 7) is 4.36. The van der Waals surface area contributed by atoms with E-state index in [9.17, 15) is 4.79 Å². The van der Waals surface area contributed by atoms with Gasteiger partial charge in [0.1, 0.15) is 0 Å². The standard InChI is InChI=1S/C16H24N2OS/c1-2-14-5-3-4-6-15(14)18-16(19)12-20-11-13-7-9-17-10-8-13/h3-6,13,17H,2,7-12H2,1H3,(H,18,19). The zero-order valence-electron chi connectivity index (χ0n) is 12.2. The predicted molar refractivity (Wildman–Crippen MR) is 87.4 cm³/mol. The fourth-order valence-electron chi connectivity index (χ4n) is 2.50. The van der Waals surface area contributed by atoms with E-state index in [2.05, 4.69) is 23.6 Å². The molecule has 1 fully saturated rings. The van der Waals surface area contributed by atoms with Crippen LogP contribution in [0.1, 0.15) is 25.3 Å². The number of benzene rings is 1. The Morgan fingerprint density at radius 2 is 2.10 bits per heavy atom. The average molecular weight is 292 g/mol. The van der Waals surface area contributed by atoms with Crippen molar-refractivity contribution in [3.63, 3.8) is 0 Å². The van der Waals surface area contributed by atoms with Gasteiger partial charge < -0.3 is 10.6 Å². The Balaban J connectivity index is 1.72. The van der Waals surface area contributed by atoms with Crippen LogP contribution in [0.15, 0.2) is 24.3 Å². The normalized spacial score (nSPS) is 16.1. The monoisotopic (exact) mass is 292 g/mol. The quantitative estimate of drug-likeness (QED) is 0.847. The van der Waals surface area contributed by atoms with Gasteiger partial charge in [-0.15, -0.1) is 0 Å². The highest BCUT2D eigenvalue weighted by Crippen LogP contribution is 2.19. The summed E-state index contributed by atoms with van der Waals surface area (Å²) in [7, 11) is 0. The number of nitrogens with one attached hydrogen (secondary N) is 2. The molecule has 0 bridgehead atoms. The number of amides is 1. The lowest BCUT2D eigenvalue weighted by molar-refractivity contribution is -0.113. The van der Waals surface area contributed by atoms with E-state index in [1.165, 1.54) is 18.4 Å². The van der Waals surface area contributed by atoms with Gasteiger partial charge >= 0.3 is 0 Å². The highest BCUT2D eigenvalue weighted by Gasteiger charge is 2.13. The minimum atomic E-state index is 0.116. The number of hydrogen-bond donors (Lipinski definition) is 2. The molecule has 1 aromatic carbocycles. The number of thioether (sulfide) groups is 1. The third-order valence-electron chi connectivity index (χ3n) is 3.72. The fraction of sp³-hybridized carbons (Fsp3) is 0.562. The van der Waals surface area contributed by atoms with Gasteiger partial charge in [0, 0.05) is 5.69 Å². The van der Waals surface area contributed by atoms with Crippen molar-refractivity contribution in [1.82, 2.24) is 5.32 Å². The van der Waals surface area contributed by atoms with Gasteiger partial charge in [0.05, 0.1) is 5.75 Å². The second-order valence-corrected chi connectivity index (χ2v) is 6.30. The summed E-state index contributed by atoms with van der Waals surface area (Å²) in [5, 5.41) is 6.40. The summed E-state index contributed by atoms with van der Waals surface area (Å²) in [6, 6.07) is 8.03. The van der Waals surface area contributed by atoms with Gasteiger partial charge in [0.15, 0.2) is 0 Å². The van der Waals surface area contributed by atoms with E-state index in [0.717, 1.165) is 36.9 Å². The van der Waals surface area contributed by atoms with Gasteiger partial charge in [-0.3, -0.25) is 4.79 Å². The molecule has 1 heterocycles. The summed E-state index contributed by atoms with van der Waals surface area (Å²) < 4.78 is 0. The molecule has 0 radical (unpaired) electrons. The second-order valence-electron chi connectivity index (χ2n) is 5.27. The van der Waals surface area contributed by atoms with Gasteiger partial charge in [-0.1, -0.05) is 25.1 Å². The van der Waals surface area contributed by atoms with Crippen molar-refractivity contribution in [3.8, 4) is 0 Å². The Labute approximate surface area is 125 Å². The molecule has 4 heteroatoms. The van der Waals surface area contributed by atoms with Crippen LogP contribution in [0.5, 0.6) is 0 Å². The number of rotatable bonds is 6. The molecule has 0 spiro atoms. The highest BCUT2D eigenvalue weighted by atomic mass is 32.2. The number of para-hydroxylation sites is 1.